The third-order valence-corrected chi connectivity index (χ3v) is 2.87. The van der Waals surface area contributed by atoms with E-state index in [4.69, 9.17) is 22.6 Å². The van der Waals surface area contributed by atoms with Gasteiger partial charge >= 0.3 is 0 Å². The van der Waals surface area contributed by atoms with Crippen LogP contribution in [0.25, 0.3) is 10.2 Å². The van der Waals surface area contributed by atoms with Gasteiger partial charge in [-0.1, -0.05) is 11.6 Å². The Morgan fingerprint density at radius 3 is 3.08 bits per heavy atom. The lowest BCUT2D eigenvalue weighted by Crippen LogP contribution is -1.91. The largest absolute Gasteiger partial charge is 0.397 e. The standard InChI is InChI=1S/C8H4ClN3S/c9-6-1-5-7(11)4(2-10)3-12-8(5)13-6/h1,3H,(H2,11,12). The van der Waals surface area contributed by atoms with Crippen LogP contribution in [0, 0.1) is 11.3 Å². The number of fused-ring (bicyclic) bond motifs is 1. The number of nitrogens with zero attached hydrogens (tertiary/aromatic N) is 2. The van der Waals surface area contributed by atoms with Crippen molar-refractivity contribution in [3.63, 3.8) is 0 Å². The summed E-state index contributed by atoms with van der Waals surface area (Å²) in [4.78, 5) is 4.83. The van der Waals surface area contributed by atoms with E-state index in [1.54, 1.807) is 6.07 Å². The minimum Gasteiger partial charge on any atom is -0.397 e. The van der Waals surface area contributed by atoms with Crippen LogP contribution in [0.5, 0.6) is 0 Å². The van der Waals surface area contributed by atoms with Gasteiger partial charge in [-0.25, -0.2) is 4.98 Å². The van der Waals surface area contributed by atoms with Crippen molar-refractivity contribution in [3.8, 4) is 6.07 Å². The molecule has 0 saturated heterocycles. The molecule has 0 radical (unpaired) electrons. The number of hydrogen-bond donors (Lipinski definition) is 1. The molecule has 0 bridgehead atoms. The van der Waals surface area contributed by atoms with Crippen molar-refractivity contribution in [2.45, 2.75) is 0 Å². The number of pyridine rings is 1. The number of halogens is 1. The van der Waals surface area contributed by atoms with E-state index < -0.39 is 0 Å². The van der Waals surface area contributed by atoms with Crippen LogP contribution in [0.3, 0.4) is 0 Å². The first-order valence-corrected chi connectivity index (χ1v) is 4.65. The van der Waals surface area contributed by atoms with Crippen molar-refractivity contribution in [1.82, 2.24) is 4.98 Å². The first kappa shape index (κ1) is 8.30. The number of anilines is 1. The highest BCUT2D eigenvalue weighted by Gasteiger charge is 2.07. The number of thiophene rings is 1. The second-order valence-corrected chi connectivity index (χ2v) is 4.13. The molecule has 0 aromatic carbocycles. The van der Waals surface area contributed by atoms with Crippen molar-refractivity contribution in [2.24, 2.45) is 0 Å². The Morgan fingerprint density at radius 2 is 2.38 bits per heavy atom. The topological polar surface area (TPSA) is 62.7 Å². The Bertz CT molecular complexity index is 512. The lowest BCUT2D eigenvalue weighted by atomic mass is 10.2. The summed E-state index contributed by atoms with van der Waals surface area (Å²) in [5.74, 6) is 0. The van der Waals surface area contributed by atoms with E-state index in [0.717, 1.165) is 10.2 Å². The van der Waals surface area contributed by atoms with Gasteiger partial charge in [0.25, 0.3) is 0 Å². The van der Waals surface area contributed by atoms with Crippen molar-refractivity contribution in [1.29, 1.82) is 5.26 Å². The van der Waals surface area contributed by atoms with Crippen LogP contribution in [0.15, 0.2) is 12.3 Å². The molecule has 0 aliphatic heterocycles. The van der Waals surface area contributed by atoms with Gasteiger partial charge in [0.1, 0.15) is 10.9 Å². The smallest absolute Gasteiger partial charge is 0.126 e. The Hall–Kier alpha value is -1.31. The molecule has 5 heteroatoms. The summed E-state index contributed by atoms with van der Waals surface area (Å²) in [6.07, 6.45) is 1.46. The zero-order valence-corrected chi connectivity index (χ0v) is 7.99. The van der Waals surface area contributed by atoms with Crippen LogP contribution in [0.2, 0.25) is 4.34 Å². The fourth-order valence-electron chi connectivity index (χ4n) is 1.07. The minimum atomic E-state index is 0.391. The fraction of sp³-hybridized carbons (Fsp3) is 0. The molecule has 3 nitrogen and oxygen atoms in total. The Morgan fingerprint density at radius 1 is 1.62 bits per heavy atom. The van der Waals surface area contributed by atoms with E-state index in [1.165, 1.54) is 17.5 Å². The number of hydrogen-bond acceptors (Lipinski definition) is 4. The predicted octanol–water partition coefficient (Wildman–Crippen LogP) is 2.40. The van der Waals surface area contributed by atoms with Crippen molar-refractivity contribution < 1.29 is 0 Å². The zero-order valence-electron chi connectivity index (χ0n) is 6.41. The van der Waals surface area contributed by atoms with Gasteiger partial charge in [-0.3, -0.25) is 0 Å². The summed E-state index contributed by atoms with van der Waals surface area (Å²) in [6, 6.07) is 3.70. The molecule has 0 aliphatic carbocycles. The first-order valence-electron chi connectivity index (χ1n) is 3.46. The lowest BCUT2D eigenvalue weighted by molar-refractivity contribution is 1.39. The van der Waals surface area contributed by atoms with Crippen LogP contribution in [-0.4, -0.2) is 4.98 Å². The van der Waals surface area contributed by atoms with Gasteiger partial charge in [0.15, 0.2) is 0 Å². The summed E-state index contributed by atoms with van der Waals surface area (Å²) in [5, 5.41) is 9.44. The fourth-order valence-corrected chi connectivity index (χ4v) is 2.14. The summed E-state index contributed by atoms with van der Waals surface area (Å²) in [7, 11) is 0. The average Bonchev–Trinajstić information content (AvgIpc) is 2.47. The molecular weight excluding hydrogens is 206 g/mol. The Balaban J connectivity index is 2.87. The molecule has 2 rings (SSSR count). The van der Waals surface area contributed by atoms with Gasteiger partial charge in [0.05, 0.1) is 15.6 Å². The van der Waals surface area contributed by atoms with E-state index in [0.29, 0.717) is 15.6 Å². The number of nitriles is 1. The van der Waals surface area contributed by atoms with Gasteiger partial charge in [-0.15, -0.1) is 11.3 Å². The van der Waals surface area contributed by atoms with Gasteiger partial charge < -0.3 is 5.73 Å². The second-order valence-electron chi connectivity index (χ2n) is 2.47. The summed E-state index contributed by atoms with van der Waals surface area (Å²) >= 11 is 7.14. The van der Waals surface area contributed by atoms with Gasteiger partial charge in [0, 0.05) is 11.6 Å². The van der Waals surface area contributed by atoms with Crippen molar-refractivity contribution >= 4 is 38.8 Å². The molecule has 0 spiro atoms. The van der Waals surface area contributed by atoms with Crippen LogP contribution in [-0.2, 0) is 0 Å². The molecule has 0 aliphatic rings. The molecule has 64 valence electrons. The normalized spacial score (nSPS) is 10.2. The van der Waals surface area contributed by atoms with E-state index in [-0.39, 0.29) is 0 Å². The number of nitrogen functional groups attached to an aromatic ring is 1. The van der Waals surface area contributed by atoms with Crippen molar-refractivity contribution in [3.05, 3.63) is 22.2 Å². The maximum absolute atomic E-state index is 8.69. The zero-order chi connectivity index (χ0) is 9.42. The van der Waals surface area contributed by atoms with Gasteiger partial charge in [-0.05, 0) is 6.07 Å². The summed E-state index contributed by atoms with van der Waals surface area (Å²) < 4.78 is 0.629. The number of rotatable bonds is 0. The van der Waals surface area contributed by atoms with E-state index in [2.05, 4.69) is 4.98 Å². The molecule has 0 saturated carbocycles. The third-order valence-electron chi connectivity index (χ3n) is 1.69. The highest BCUT2D eigenvalue weighted by molar-refractivity contribution is 7.22. The SMILES string of the molecule is N#Cc1cnc2sc(Cl)cc2c1N. The number of nitrogens with two attached hydrogens (primary N) is 1. The van der Waals surface area contributed by atoms with Gasteiger partial charge in [0.2, 0.25) is 0 Å². The van der Waals surface area contributed by atoms with Crippen LogP contribution >= 0.6 is 22.9 Å². The van der Waals surface area contributed by atoms with Crippen LogP contribution < -0.4 is 5.73 Å². The molecule has 0 unspecified atom stereocenters. The quantitative estimate of drug-likeness (QED) is 0.725. The maximum Gasteiger partial charge on any atom is 0.126 e. The Labute approximate surface area is 83.4 Å². The van der Waals surface area contributed by atoms with Crippen LogP contribution in [0.1, 0.15) is 5.56 Å². The van der Waals surface area contributed by atoms with E-state index in [9.17, 15) is 0 Å². The molecule has 2 N–H and O–H groups in total. The molecule has 0 amide bonds. The monoisotopic (exact) mass is 209 g/mol. The average molecular weight is 210 g/mol. The molecular formula is C8H4ClN3S. The summed E-state index contributed by atoms with van der Waals surface area (Å²) in [5.41, 5.74) is 6.57. The molecule has 0 fully saturated rings. The molecule has 2 aromatic heterocycles. The molecule has 0 atom stereocenters. The van der Waals surface area contributed by atoms with Gasteiger partial charge in [-0.2, -0.15) is 5.26 Å². The molecule has 13 heavy (non-hydrogen) atoms. The molecule has 2 heterocycles. The lowest BCUT2D eigenvalue weighted by Gasteiger charge is -1.96. The minimum absolute atomic E-state index is 0.391. The Kier molecular flexibility index (Phi) is 1.83. The highest BCUT2D eigenvalue weighted by Crippen LogP contribution is 2.32. The first-order chi connectivity index (χ1) is 6.22. The van der Waals surface area contributed by atoms with Crippen molar-refractivity contribution in [2.75, 3.05) is 5.73 Å². The maximum atomic E-state index is 8.69. The number of aromatic nitrogens is 1. The molecule has 2 aromatic rings. The highest BCUT2D eigenvalue weighted by atomic mass is 35.5. The predicted molar refractivity (Wildman–Crippen MR) is 53.8 cm³/mol. The van der Waals surface area contributed by atoms with E-state index >= 15 is 0 Å². The summed E-state index contributed by atoms with van der Waals surface area (Å²) in [6.45, 7) is 0. The van der Waals surface area contributed by atoms with E-state index in [1.807, 2.05) is 6.07 Å². The second kappa shape index (κ2) is 2.87. The van der Waals surface area contributed by atoms with Crippen LogP contribution in [0.4, 0.5) is 5.69 Å². The third kappa shape index (κ3) is 1.22.